The van der Waals surface area contributed by atoms with Gasteiger partial charge in [-0.2, -0.15) is 16.9 Å². The van der Waals surface area contributed by atoms with Crippen LogP contribution < -0.4 is 21.0 Å². The van der Waals surface area contributed by atoms with Gasteiger partial charge in [0, 0.05) is 64.7 Å². The van der Waals surface area contributed by atoms with E-state index in [0.717, 1.165) is 54.5 Å². The summed E-state index contributed by atoms with van der Waals surface area (Å²) in [4.78, 5) is 70.8. The standard InChI is InChI=1S/C42H38ClN7O5S/c1-22-12-35-38(32-7-5-4-6-31(22)32)28(19-43)21-49(35)40(53)34-17-26-16-29(10-11-33(26)46-34)44-39(52)27-13-24-8-9-30(15-25(24)14-27)45-42(55)48-47-23(2)20-50-37(51)18-36(56-3)41(50)54/h4-12,14-17,28,36,46H,13,18-21H2,1-3H3,(H,44,52)(H2,45,48,55)/b47-23+. The van der Waals surface area contributed by atoms with Gasteiger partial charge in [-0.05, 0) is 102 Å². The molecule has 0 bridgehead atoms. The van der Waals surface area contributed by atoms with Crippen LogP contribution in [0.1, 0.15) is 52.0 Å². The normalized spacial score (nSPS) is 17.7. The van der Waals surface area contributed by atoms with Gasteiger partial charge in [-0.1, -0.05) is 30.3 Å². The van der Waals surface area contributed by atoms with Crippen molar-refractivity contribution in [3.63, 3.8) is 0 Å². The monoisotopic (exact) mass is 787 g/mol. The van der Waals surface area contributed by atoms with Crippen LogP contribution in [-0.2, 0) is 20.8 Å². The molecule has 1 aromatic heterocycles. The molecule has 2 unspecified atom stereocenters. The molecular formula is C42H38ClN7O5S. The van der Waals surface area contributed by atoms with Crippen molar-refractivity contribution in [3.05, 3.63) is 106 Å². The van der Waals surface area contributed by atoms with Crippen LogP contribution in [0.5, 0.6) is 0 Å². The predicted octanol–water partition coefficient (Wildman–Crippen LogP) is 7.18. The summed E-state index contributed by atoms with van der Waals surface area (Å²) in [7, 11) is 0. The number of amides is 6. The Morgan fingerprint density at radius 2 is 1.75 bits per heavy atom. The molecule has 3 aliphatic rings. The molecule has 1 fully saturated rings. The SMILES string of the molecule is CSC1CC(=O)N(C/C(C)=N/NC(=O)Nc2ccc3c(c2)C=C(C(=O)Nc2ccc4[nH]c(C(=O)N5CC(CCl)c6c5cc(C)c5ccccc65)cc4c2)C3)C1=O. The average Bonchev–Trinajstić information content (AvgIpc) is 3.97. The summed E-state index contributed by atoms with van der Waals surface area (Å²) in [6.07, 6.45) is 4.16. The maximum Gasteiger partial charge on any atom is 0.339 e. The molecule has 56 heavy (non-hydrogen) atoms. The topological polar surface area (TPSA) is 156 Å². The van der Waals surface area contributed by atoms with E-state index in [-0.39, 0.29) is 47.8 Å². The number of H-pyrrole nitrogens is 1. The zero-order valence-electron chi connectivity index (χ0n) is 30.9. The molecule has 4 aromatic carbocycles. The van der Waals surface area contributed by atoms with Crippen molar-refractivity contribution in [1.29, 1.82) is 0 Å². The molecule has 0 spiro atoms. The van der Waals surface area contributed by atoms with Crippen LogP contribution in [0.15, 0.2) is 83.5 Å². The summed E-state index contributed by atoms with van der Waals surface area (Å²) in [6.45, 7) is 4.18. The maximum atomic E-state index is 14.0. The fourth-order valence-electron chi connectivity index (χ4n) is 7.75. The van der Waals surface area contributed by atoms with E-state index in [2.05, 4.69) is 51.3 Å². The first-order chi connectivity index (χ1) is 27.0. The number of hydrazone groups is 1. The lowest BCUT2D eigenvalue weighted by atomic mass is 9.93. The summed E-state index contributed by atoms with van der Waals surface area (Å²) >= 11 is 7.78. The van der Waals surface area contributed by atoms with Crippen LogP contribution in [0.25, 0.3) is 27.8 Å². The smallest absolute Gasteiger partial charge is 0.339 e. The Balaban J connectivity index is 0.907. The van der Waals surface area contributed by atoms with Crippen molar-refractivity contribution < 1.29 is 24.0 Å². The zero-order valence-corrected chi connectivity index (χ0v) is 32.4. The molecule has 8 rings (SSSR count). The lowest BCUT2D eigenvalue weighted by Crippen LogP contribution is -2.36. The van der Waals surface area contributed by atoms with E-state index in [9.17, 15) is 24.0 Å². The van der Waals surface area contributed by atoms with Gasteiger partial charge >= 0.3 is 6.03 Å². The summed E-state index contributed by atoms with van der Waals surface area (Å²) in [5, 5.41) is 12.4. The Morgan fingerprint density at radius 1 is 0.982 bits per heavy atom. The number of carbonyl (C=O) groups is 5. The van der Waals surface area contributed by atoms with E-state index < -0.39 is 6.03 Å². The number of nitrogens with one attached hydrogen (secondary N) is 4. The Hall–Kier alpha value is -5.92. The average molecular weight is 788 g/mol. The maximum absolute atomic E-state index is 14.0. The number of likely N-dealkylation sites (tertiary alicyclic amines) is 1. The second-order valence-corrected chi connectivity index (χ2v) is 15.6. The van der Waals surface area contributed by atoms with Crippen LogP contribution in [0.2, 0.25) is 0 Å². The molecule has 3 heterocycles. The molecule has 1 aliphatic carbocycles. The van der Waals surface area contributed by atoms with Gasteiger partial charge in [-0.3, -0.25) is 24.1 Å². The zero-order chi connectivity index (χ0) is 39.2. The third-order valence-electron chi connectivity index (χ3n) is 10.5. The number of benzene rings is 4. The van der Waals surface area contributed by atoms with E-state index in [1.807, 2.05) is 41.3 Å². The van der Waals surface area contributed by atoms with Crippen molar-refractivity contribution in [1.82, 2.24) is 15.3 Å². The first kappa shape index (κ1) is 37.0. The Morgan fingerprint density at radius 3 is 2.52 bits per heavy atom. The second-order valence-electron chi connectivity index (χ2n) is 14.3. The molecule has 2 atom stereocenters. The fraction of sp³-hybridized carbons (Fsp3) is 0.238. The van der Waals surface area contributed by atoms with Crippen molar-refractivity contribution in [2.45, 2.75) is 37.9 Å². The minimum absolute atomic E-state index is 0.00492. The van der Waals surface area contributed by atoms with Crippen LogP contribution in [0, 0.1) is 6.92 Å². The number of hydrogen-bond acceptors (Lipinski definition) is 7. The third kappa shape index (κ3) is 6.92. The highest BCUT2D eigenvalue weighted by molar-refractivity contribution is 8.00. The molecule has 2 aliphatic heterocycles. The number of aromatic nitrogens is 1. The first-order valence-electron chi connectivity index (χ1n) is 18.2. The number of thioether (sulfide) groups is 1. The van der Waals surface area contributed by atoms with Crippen molar-refractivity contribution in [2.75, 3.05) is 40.8 Å². The Labute approximate surface area is 331 Å². The second kappa shape index (κ2) is 15.0. The number of carbonyl (C=O) groups excluding carboxylic acids is 5. The third-order valence-corrected chi connectivity index (χ3v) is 11.9. The molecular weight excluding hydrogens is 750 g/mol. The molecule has 0 radical (unpaired) electrons. The van der Waals surface area contributed by atoms with Gasteiger partial charge in [0.2, 0.25) is 11.8 Å². The minimum Gasteiger partial charge on any atom is -0.351 e. The summed E-state index contributed by atoms with van der Waals surface area (Å²) in [5.74, 6) is -0.488. The van der Waals surface area contributed by atoms with Gasteiger partial charge in [-0.15, -0.1) is 11.6 Å². The number of anilines is 3. The molecule has 284 valence electrons. The lowest BCUT2D eigenvalue weighted by Gasteiger charge is -2.18. The van der Waals surface area contributed by atoms with Gasteiger partial charge in [0.1, 0.15) is 5.69 Å². The van der Waals surface area contributed by atoms with E-state index in [1.54, 1.807) is 37.5 Å². The number of halogens is 1. The highest BCUT2D eigenvalue weighted by atomic mass is 35.5. The minimum atomic E-state index is -0.594. The predicted molar refractivity (Wildman–Crippen MR) is 223 cm³/mol. The molecule has 12 nitrogen and oxygen atoms in total. The number of alkyl halides is 1. The summed E-state index contributed by atoms with van der Waals surface area (Å²) in [6, 6.07) is 22.4. The van der Waals surface area contributed by atoms with Gasteiger partial charge in [-0.25, -0.2) is 10.2 Å². The molecule has 4 N–H and O–H groups in total. The summed E-state index contributed by atoms with van der Waals surface area (Å²) < 4.78 is 0. The number of rotatable bonds is 9. The highest BCUT2D eigenvalue weighted by Gasteiger charge is 2.38. The van der Waals surface area contributed by atoms with Crippen LogP contribution in [-0.4, -0.2) is 75.7 Å². The van der Waals surface area contributed by atoms with Crippen LogP contribution in [0.4, 0.5) is 21.9 Å². The van der Waals surface area contributed by atoms with E-state index in [1.165, 1.54) is 11.8 Å². The Kier molecular flexibility index (Phi) is 9.89. The quantitative estimate of drug-likeness (QED) is 0.0537. The largest absolute Gasteiger partial charge is 0.351 e. The van der Waals surface area contributed by atoms with Crippen LogP contribution >= 0.6 is 23.4 Å². The number of aromatic amines is 1. The molecule has 6 amide bonds. The van der Waals surface area contributed by atoms with Gasteiger partial charge < -0.3 is 20.5 Å². The van der Waals surface area contributed by atoms with Crippen molar-refractivity contribution in [3.8, 4) is 0 Å². The number of fused-ring (bicyclic) bond motifs is 5. The van der Waals surface area contributed by atoms with Crippen molar-refractivity contribution in [2.24, 2.45) is 5.10 Å². The molecule has 14 heteroatoms. The van der Waals surface area contributed by atoms with E-state index in [4.69, 9.17) is 11.6 Å². The van der Waals surface area contributed by atoms with Crippen molar-refractivity contribution >= 4 is 104 Å². The van der Waals surface area contributed by atoms with Gasteiger partial charge in [0.15, 0.2) is 0 Å². The summed E-state index contributed by atoms with van der Waals surface area (Å²) in [5.41, 5.74) is 10.5. The van der Waals surface area contributed by atoms with Crippen LogP contribution in [0.3, 0.4) is 0 Å². The molecule has 5 aromatic rings. The number of aryl methyl sites for hydroxylation is 1. The molecule has 0 saturated carbocycles. The molecule has 1 saturated heterocycles. The number of nitrogens with zero attached hydrogens (tertiary/aromatic N) is 3. The first-order valence-corrected chi connectivity index (χ1v) is 20.0. The number of imide groups is 1. The fourth-order valence-corrected chi connectivity index (χ4v) is 8.64. The lowest BCUT2D eigenvalue weighted by molar-refractivity contribution is -0.137. The van der Waals surface area contributed by atoms with Gasteiger partial charge in [0.05, 0.1) is 17.5 Å². The number of urea groups is 1. The van der Waals surface area contributed by atoms with Gasteiger partial charge in [0.25, 0.3) is 11.8 Å². The van der Waals surface area contributed by atoms with E-state index >= 15 is 0 Å². The number of hydrogen-bond donors (Lipinski definition) is 4. The highest BCUT2D eigenvalue weighted by Crippen LogP contribution is 2.44. The van der Waals surface area contributed by atoms with E-state index in [0.29, 0.717) is 47.2 Å². The Bertz CT molecular complexity index is 2560.